The number of furan rings is 1. The molecular weight excluding hydrogens is 584 g/mol. The van der Waals surface area contributed by atoms with E-state index in [4.69, 9.17) is 18.9 Å². The first kappa shape index (κ1) is 26.0. The van der Waals surface area contributed by atoms with E-state index in [1.165, 1.54) is 11.8 Å². The van der Waals surface area contributed by atoms with E-state index in [1.54, 1.807) is 42.6 Å². The predicted octanol–water partition coefficient (Wildman–Crippen LogP) is 6.91. The highest BCUT2D eigenvalue weighted by atomic mass is 79.9. The SMILES string of the molecule is COc1cc(C=Nn2c(-c3cc4ccccc4o3)nc3ccccc3c2=O)cc(Br)c1OCc1ccccc1C#N. The van der Waals surface area contributed by atoms with Gasteiger partial charge in [0.15, 0.2) is 17.3 Å². The Balaban J connectivity index is 1.39. The first-order valence-corrected chi connectivity index (χ1v) is 13.4. The highest BCUT2D eigenvalue weighted by Gasteiger charge is 2.17. The molecule has 9 heteroatoms. The van der Waals surface area contributed by atoms with Gasteiger partial charge in [0.05, 0.1) is 40.3 Å². The first-order valence-electron chi connectivity index (χ1n) is 12.6. The van der Waals surface area contributed by atoms with Crippen LogP contribution in [0.2, 0.25) is 0 Å². The lowest BCUT2D eigenvalue weighted by molar-refractivity contribution is 0.282. The van der Waals surface area contributed by atoms with Gasteiger partial charge in [0.1, 0.15) is 12.2 Å². The van der Waals surface area contributed by atoms with Crippen molar-refractivity contribution in [2.24, 2.45) is 5.10 Å². The Morgan fingerprint density at radius 3 is 2.66 bits per heavy atom. The molecule has 2 heterocycles. The fourth-order valence-corrected chi connectivity index (χ4v) is 5.04. The number of fused-ring (bicyclic) bond motifs is 2. The van der Waals surface area contributed by atoms with E-state index in [0.717, 1.165) is 10.9 Å². The molecule has 0 spiro atoms. The average Bonchev–Trinajstić information content (AvgIpc) is 3.44. The van der Waals surface area contributed by atoms with Gasteiger partial charge < -0.3 is 13.9 Å². The summed E-state index contributed by atoms with van der Waals surface area (Å²) in [6.07, 6.45) is 1.55. The molecule has 0 saturated carbocycles. The number of halogens is 1. The number of nitrogens with zero attached hydrogens (tertiary/aromatic N) is 4. The Kier molecular flexibility index (Phi) is 7.06. The van der Waals surface area contributed by atoms with E-state index in [1.807, 2.05) is 54.6 Å². The van der Waals surface area contributed by atoms with Gasteiger partial charge in [-0.25, -0.2) is 4.98 Å². The van der Waals surface area contributed by atoms with Crippen LogP contribution < -0.4 is 15.0 Å². The van der Waals surface area contributed by atoms with Crippen LogP contribution in [-0.4, -0.2) is 23.0 Å². The van der Waals surface area contributed by atoms with Crippen molar-refractivity contribution in [1.82, 2.24) is 9.66 Å². The molecule has 0 aliphatic rings. The Labute approximate surface area is 242 Å². The summed E-state index contributed by atoms with van der Waals surface area (Å²) in [5.41, 5.74) is 2.85. The summed E-state index contributed by atoms with van der Waals surface area (Å²) in [7, 11) is 1.54. The molecule has 0 N–H and O–H groups in total. The molecule has 0 fully saturated rings. The molecule has 0 atom stereocenters. The zero-order valence-electron chi connectivity index (χ0n) is 21.7. The van der Waals surface area contributed by atoms with Crippen LogP contribution in [0, 0.1) is 11.3 Å². The third-order valence-electron chi connectivity index (χ3n) is 6.48. The molecular formula is C32H21BrN4O4. The molecule has 0 unspecified atom stereocenters. The van der Waals surface area contributed by atoms with Crippen molar-refractivity contribution in [3.63, 3.8) is 0 Å². The molecule has 0 bridgehead atoms. The molecule has 0 aliphatic carbocycles. The van der Waals surface area contributed by atoms with E-state index in [0.29, 0.717) is 49.3 Å². The average molecular weight is 605 g/mol. The van der Waals surface area contributed by atoms with Gasteiger partial charge in [-0.05, 0) is 64.0 Å². The van der Waals surface area contributed by atoms with Crippen LogP contribution in [0.3, 0.4) is 0 Å². The number of aromatic nitrogens is 2. The van der Waals surface area contributed by atoms with Crippen molar-refractivity contribution in [2.45, 2.75) is 6.61 Å². The molecule has 0 amide bonds. The van der Waals surface area contributed by atoms with Gasteiger partial charge in [0.2, 0.25) is 5.82 Å². The molecule has 200 valence electrons. The number of nitriles is 1. The van der Waals surface area contributed by atoms with Crippen molar-refractivity contribution < 1.29 is 13.9 Å². The summed E-state index contributed by atoms with van der Waals surface area (Å²) in [5.74, 6) is 1.64. The zero-order chi connectivity index (χ0) is 28.3. The topological polar surface area (TPSA) is 103 Å². The van der Waals surface area contributed by atoms with Gasteiger partial charge in [-0.15, -0.1) is 0 Å². The number of para-hydroxylation sites is 2. The number of methoxy groups -OCH3 is 1. The van der Waals surface area contributed by atoms with Crippen molar-refractivity contribution in [2.75, 3.05) is 7.11 Å². The summed E-state index contributed by atoms with van der Waals surface area (Å²) >= 11 is 3.56. The van der Waals surface area contributed by atoms with Crippen LogP contribution in [0.15, 0.2) is 110 Å². The molecule has 6 aromatic rings. The number of ether oxygens (including phenoxy) is 2. The van der Waals surface area contributed by atoms with Crippen LogP contribution in [0.1, 0.15) is 16.7 Å². The molecule has 8 nitrogen and oxygen atoms in total. The number of hydrogen-bond acceptors (Lipinski definition) is 7. The van der Waals surface area contributed by atoms with Crippen molar-refractivity contribution in [3.8, 4) is 29.2 Å². The lowest BCUT2D eigenvalue weighted by Crippen LogP contribution is -2.20. The standard InChI is InChI=1S/C32H21BrN4O4/c1-39-28-15-20(14-25(33)30(28)40-19-23-10-3-2-9-22(23)17-34)18-35-37-31(29-16-21-8-4-7-13-27(21)41-29)36-26-12-6-5-11-24(26)32(37)38/h2-16,18H,19H2,1H3. The van der Waals surface area contributed by atoms with Crippen LogP contribution in [0.25, 0.3) is 33.5 Å². The second-order valence-electron chi connectivity index (χ2n) is 9.05. The Bertz CT molecular complexity index is 2020. The number of hydrogen-bond donors (Lipinski definition) is 0. The van der Waals surface area contributed by atoms with Crippen molar-refractivity contribution in [3.05, 3.63) is 123 Å². The highest BCUT2D eigenvalue weighted by molar-refractivity contribution is 9.10. The fourth-order valence-electron chi connectivity index (χ4n) is 4.47. The van der Waals surface area contributed by atoms with Gasteiger partial charge >= 0.3 is 0 Å². The van der Waals surface area contributed by atoms with Gasteiger partial charge in [0.25, 0.3) is 5.56 Å². The largest absolute Gasteiger partial charge is 0.493 e. The van der Waals surface area contributed by atoms with Gasteiger partial charge in [-0.2, -0.15) is 15.0 Å². The van der Waals surface area contributed by atoms with Gasteiger partial charge in [0, 0.05) is 10.9 Å². The van der Waals surface area contributed by atoms with Gasteiger partial charge in [-0.1, -0.05) is 48.5 Å². The van der Waals surface area contributed by atoms with Crippen LogP contribution in [-0.2, 0) is 6.61 Å². The number of benzene rings is 4. The minimum atomic E-state index is -0.329. The fraction of sp³-hybridized carbons (Fsp3) is 0.0625. The maximum atomic E-state index is 13.6. The zero-order valence-corrected chi connectivity index (χ0v) is 23.3. The highest BCUT2D eigenvalue weighted by Crippen LogP contribution is 2.37. The minimum absolute atomic E-state index is 0.186. The molecule has 41 heavy (non-hydrogen) atoms. The number of rotatable bonds is 7. The normalized spacial score (nSPS) is 11.2. The first-order chi connectivity index (χ1) is 20.1. The maximum Gasteiger partial charge on any atom is 0.282 e. The Morgan fingerprint density at radius 2 is 1.83 bits per heavy atom. The lowest BCUT2D eigenvalue weighted by atomic mass is 10.1. The summed E-state index contributed by atoms with van der Waals surface area (Å²) in [4.78, 5) is 18.3. The smallest absolute Gasteiger partial charge is 0.282 e. The van der Waals surface area contributed by atoms with Crippen molar-refractivity contribution >= 4 is 44.0 Å². The van der Waals surface area contributed by atoms with E-state index in [-0.39, 0.29) is 18.0 Å². The lowest BCUT2D eigenvalue weighted by Gasteiger charge is -2.14. The van der Waals surface area contributed by atoms with E-state index in [9.17, 15) is 10.1 Å². The molecule has 2 aromatic heterocycles. The van der Waals surface area contributed by atoms with E-state index >= 15 is 0 Å². The molecule has 4 aromatic carbocycles. The third kappa shape index (κ3) is 5.09. The van der Waals surface area contributed by atoms with E-state index in [2.05, 4.69) is 27.1 Å². The van der Waals surface area contributed by atoms with Crippen LogP contribution in [0.5, 0.6) is 11.5 Å². The minimum Gasteiger partial charge on any atom is -0.493 e. The molecule has 0 radical (unpaired) electrons. The summed E-state index contributed by atoms with van der Waals surface area (Å²) in [6.45, 7) is 0.186. The predicted molar refractivity (Wildman–Crippen MR) is 160 cm³/mol. The second kappa shape index (κ2) is 11.1. The quantitative estimate of drug-likeness (QED) is 0.183. The summed E-state index contributed by atoms with van der Waals surface area (Å²) in [5, 5.41) is 15.2. The molecule has 0 saturated heterocycles. The second-order valence-corrected chi connectivity index (χ2v) is 9.91. The van der Waals surface area contributed by atoms with Gasteiger partial charge in [-0.3, -0.25) is 4.79 Å². The summed E-state index contributed by atoms with van der Waals surface area (Å²) < 4.78 is 19.5. The maximum absolute atomic E-state index is 13.6. The molecule has 0 aliphatic heterocycles. The Morgan fingerprint density at radius 1 is 1.05 bits per heavy atom. The Hall–Kier alpha value is -5.20. The monoisotopic (exact) mass is 604 g/mol. The summed E-state index contributed by atoms with van der Waals surface area (Å²) in [6, 6.07) is 29.5. The van der Waals surface area contributed by atoms with Crippen molar-refractivity contribution in [1.29, 1.82) is 5.26 Å². The molecule has 6 rings (SSSR count). The van der Waals surface area contributed by atoms with Crippen LogP contribution >= 0.6 is 15.9 Å². The van der Waals surface area contributed by atoms with E-state index < -0.39 is 0 Å². The van der Waals surface area contributed by atoms with Crippen LogP contribution in [0.4, 0.5) is 0 Å². The third-order valence-corrected chi connectivity index (χ3v) is 7.07.